The first-order valence-corrected chi connectivity index (χ1v) is 5.51. The molecule has 0 aromatic heterocycles. The van der Waals surface area contributed by atoms with Crippen LogP contribution >= 0.6 is 0 Å². The van der Waals surface area contributed by atoms with E-state index in [0.717, 1.165) is 22.7 Å². The monoisotopic (exact) mass is 235 g/mol. The van der Waals surface area contributed by atoms with Gasteiger partial charge in [-0.1, -0.05) is 0 Å². The van der Waals surface area contributed by atoms with E-state index >= 15 is 0 Å². The fourth-order valence-corrected chi connectivity index (χ4v) is 1.60. The molecule has 0 aromatic carbocycles. The number of nitrogens with one attached hydrogen (secondary N) is 1. The van der Waals surface area contributed by atoms with Crippen molar-refractivity contribution < 1.29 is 0 Å². The molecular weight excluding hydrogens is 214 g/mol. The molecule has 3 N–H and O–H groups in total. The summed E-state index contributed by atoms with van der Waals surface area (Å²) >= 11 is 0. The minimum atomic E-state index is 0.741. The predicted molar refractivity (Wildman–Crippen MR) is 71.8 cm³/mol. The molecule has 5 nitrogen and oxygen atoms in total. The molecule has 0 aromatic rings. The average Bonchev–Trinajstić information content (AvgIpc) is 2.25. The van der Waals surface area contributed by atoms with Crippen LogP contribution in [0.25, 0.3) is 0 Å². The minimum Gasteiger partial charge on any atom is -0.395 e. The molecule has 0 atom stereocenters. The summed E-state index contributed by atoms with van der Waals surface area (Å²) in [4.78, 5) is 1.96. The number of nitrogens with zero attached hydrogens (tertiary/aromatic N) is 3. The molecule has 1 aliphatic heterocycles. The molecule has 0 fully saturated rings. The Balaban J connectivity index is 3.18. The summed E-state index contributed by atoms with van der Waals surface area (Å²) in [6.07, 6.45) is 5.42. The Kier molecular flexibility index (Phi) is 4.20. The Bertz CT molecular complexity index is 397. The third-order valence-electron chi connectivity index (χ3n) is 2.40. The van der Waals surface area contributed by atoms with Crippen LogP contribution in [0.4, 0.5) is 0 Å². The number of allylic oxidation sites excluding steroid dienone is 2. The van der Waals surface area contributed by atoms with Gasteiger partial charge in [0, 0.05) is 33.5 Å². The number of nitrogens with two attached hydrogens (primary N) is 1. The second-order valence-corrected chi connectivity index (χ2v) is 4.24. The van der Waals surface area contributed by atoms with Crippen LogP contribution < -0.4 is 11.1 Å². The van der Waals surface area contributed by atoms with E-state index in [9.17, 15) is 0 Å². The molecule has 1 rings (SSSR count). The van der Waals surface area contributed by atoms with E-state index in [4.69, 9.17) is 5.73 Å². The van der Waals surface area contributed by atoms with Crippen LogP contribution in [0, 0.1) is 0 Å². The van der Waals surface area contributed by atoms with Crippen LogP contribution in [0.15, 0.2) is 40.2 Å². The van der Waals surface area contributed by atoms with Gasteiger partial charge < -0.3 is 16.0 Å². The lowest BCUT2D eigenvalue weighted by molar-refractivity contribution is 0.464. The van der Waals surface area contributed by atoms with Crippen molar-refractivity contribution in [1.29, 1.82) is 0 Å². The third kappa shape index (κ3) is 2.81. The van der Waals surface area contributed by atoms with Crippen LogP contribution in [0.1, 0.15) is 13.8 Å². The average molecular weight is 235 g/mol. The molecule has 5 heteroatoms. The molecule has 0 saturated heterocycles. The molecule has 0 amide bonds. The standard InChI is InChI=1S/C12H21N5/c1-9(2)12-11(13)10(16(4)5)8-15-17(12)7-6-14-3/h6-8,14H,13H2,1-5H3/b7-6+. The van der Waals surface area contributed by atoms with Crippen LogP contribution in [-0.4, -0.2) is 37.3 Å². The SMILES string of the molecule is CN/C=C/N1N=CC(N(C)C)=C(N)C1=C(C)C. The molecule has 0 unspecified atom stereocenters. The van der Waals surface area contributed by atoms with Gasteiger partial charge in [-0.05, 0) is 19.4 Å². The number of rotatable bonds is 3. The number of hydrazone groups is 1. The summed E-state index contributed by atoms with van der Waals surface area (Å²) in [5.74, 6) is 0. The minimum absolute atomic E-state index is 0.741. The zero-order valence-electron chi connectivity index (χ0n) is 11.2. The normalized spacial score (nSPS) is 15.8. The van der Waals surface area contributed by atoms with Crippen molar-refractivity contribution in [3.8, 4) is 0 Å². The Morgan fingerprint density at radius 2 is 2.12 bits per heavy atom. The highest BCUT2D eigenvalue weighted by molar-refractivity contribution is 5.81. The first-order valence-electron chi connectivity index (χ1n) is 5.51. The van der Waals surface area contributed by atoms with Crippen molar-refractivity contribution in [2.45, 2.75) is 13.8 Å². The highest BCUT2D eigenvalue weighted by Crippen LogP contribution is 2.23. The van der Waals surface area contributed by atoms with Crippen molar-refractivity contribution >= 4 is 6.21 Å². The van der Waals surface area contributed by atoms with Crippen LogP contribution in [0.5, 0.6) is 0 Å². The summed E-state index contributed by atoms with van der Waals surface area (Å²) in [5.41, 5.74) is 9.91. The summed E-state index contributed by atoms with van der Waals surface area (Å²) in [5, 5.41) is 9.08. The van der Waals surface area contributed by atoms with Crippen LogP contribution in [0.3, 0.4) is 0 Å². The molecule has 94 valence electrons. The van der Waals surface area contributed by atoms with Gasteiger partial charge >= 0.3 is 0 Å². The van der Waals surface area contributed by atoms with E-state index in [1.54, 1.807) is 11.2 Å². The van der Waals surface area contributed by atoms with E-state index in [-0.39, 0.29) is 0 Å². The van der Waals surface area contributed by atoms with Gasteiger partial charge in [-0.3, -0.25) is 0 Å². The van der Waals surface area contributed by atoms with Gasteiger partial charge in [0.25, 0.3) is 0 Å². The summed E-state index contributed by atoms with van der Waals surface area (Å²) < 4.78 is 0. The molecule has 0 spiro atoms. The van der Waals surface area contributed by atoms with Gasteiger partial charge in [-0.15, -0.1) is 0 Å². The van der Waals surface area contributed by atoms with E-state index in [0.29, 0.717) is 0 Å². The Morgan fingerprint density at radius 3 is 2.59 bits per heavy atom. The van der Waals surface area contributed by atoms with E-state index in [1.165, 1.54) is 0 Å². The van der Waals surface area contributed by atoms with Gasteiger partial charge in [0.1, 0.15) is 0 Å². The number of hydrogen-bond donors (Lipinski definition) is 2. The summed E-state index contributed by atoms with van der Waals surface area (Å²) in [7, 11) is 5.75. The third-order valence-corrected chi connectivity index (χ3v) is 2.40. The highest BCUT2D eigenvalue weighted by Gasteiger charge is 2.19. The van der Waals surface area contributed by atoms with E-state index in [2.05, 4.69) is 10.4 Å². The molecule has 0 aliphatic carbocycles. The predicted octanol–water partition coefficient (Wildman–Crippen LogP) is 1.00. The molecular formula is C12H21N5. The first kappa shape index (κ1) is 13.2. The molecule has 0 bridgehead atoms. The van der Waals surface area contributed by atoms with Gasteiger partial charge in [-0.25, -0.2) is 5.01 Å². The quantitative estimate of drug-likeness (QED) is 0.766. The Hall–Kier alpha value is -1.91. The van der Waals surface area contributed by atoms with Gasteiger partial charge in [0.05, 0.1) is 23.3 Å². The van der Waals surface area contributed by atoms with Gasteiger partial charge in [0.15, 0.2) is 0 Å². The van der Waals surface area contributed by atoms with Gasteiger partial charge in [-0.2, -0.15) is 5.10 Å². The van der Waals surface area contributed by atoms with E-state index in [1.807, 2.05) is 52.3 Å². The maximum Gasteiger partial charge on any atom is 0.0883 e. The van der Waals surface area contributed by atoms with Crippen molar-refractivity contribution in [2.24, 2.45) is 10.8 Å². The molecule has 0 radical (unpaired) electrons. The zero-order valence-corrected chi connectivity index (χ0v) is 11.2. The Morgan fingerprint density at radius 1 is 1.47 bits per heavy atom. The first-order chi connectivity index (χ1) is 7.99. The van der Waals surface area contributed by atoms with E-state index < -0.39 is 0 Å². The molecule has 0 saturated carbocycles. The smallest absolute Gasteiger partial charge is 0.0883 e. The maximum absolute atomic E-state index is 6.18. The lowest BCUT2D eigenvalue weighted by Gasteiger charge is -2.28. The van der Waals surface area contributed by atoms with Crippen molar-refractivity contribution in [3.63, 3.8) is 0 Å². The molecule has 1 aliphatic rings. The zero-order chi connectivity index (χ0) is 13.0. The molecule has 1 heterocycles. The van der Waals surface area contributed by atoms with Crippen molar-refractivity contribution in [1.82, 2.24) is 15.2 Å². The van der Waals surface area contributed by atoms with Gasteiger partial charge in [0.2, 0.25) is 0 Å². The fourth-order valence-electron chi connectivity index (χ4n) is 1.60. The second kappa shape index (κ2) is 5.43. The maximum atomic E-state index is 6.18. The lowest BCUT2D eigenvalue weighted by Crippen LogP contribution is -2.29. The summed E-state index contributed by atoms with van der Waals surface area (Å²) in [6, 6.07) is 0. The van der Waals surface area contributed by atoms with Crippen molar-refractivity contribution in [2.75, 3.05) is 21.1 Å². The lowest BCUT2D eigenvalue weighted by atomic mass is 10.1. The topological polar surface area (TPSA) is 56.9 Å². The molecule has 17 heavy (non-hydrogen) atoms. The second-order valence-electron chi connectivity index (χ2n) is 4.24. The Labute approximate surface area is 103 Å². The van der Waals surface area contributed by atoms with Crippen molar-refractivity contribution in [3.05, 3.63) is 35.1 Å². The fraction of sp³-hybridized carbons (Fsp3) is 0.417. The largest absolute Gasteiger partial charge is 0.395 e. The number of hydrogen-bond acceptors (Lipinski definition) is 5. The van der Waals surface area contributed by atoms with Crippen LogP contribution in [-0.2, 0) is 0 Å². The summed E-state index contributed by atoms with van der Waals surface area (Å²) in [6.45, 7) is 4.05. The van der Waals surface area contributed by atoms with Crippen LogP contribution in [0.2, 0.25) is 0 Å². The highest BCUT2D eigenvalue weighted by atomic mass is 15.5.